The third-order valence-electron chi connectivity index (χ3n) is 3.30. The molecule has 0 saturated heterocycles. The van der Waals surface area contributed by atoms with Gasteiger partial charge in [0.2, 0.25) is 0 Å². The maximum absolute atomic E-state index is 6.69. The van der Waals surface area contributed by atoms with Crippen molar-refractivity contribution < 1.29 is 17.1 Å². The number of ether oxygens (including phenoxy) is 1. The molecule has 1 atom stereocenters. The first kappa shape index (κ1) is 25.7. The molecule has 0 radical (unpaired) electrons. The molecule has 0 aliphatic carbocycles. The van der Waals surface area contributed by atoms with Crippen molar-refractivity contribution >= 4 is 33.8 Å². The van der Waals surface area contributed by atoms with E-state index in [1.807, 2.05) is 0 Å². The minimum absolute atomic E-state index is 0.876. The number of unbranched alkanes of at least 4 members (excludes halogenated alkanes) is 2. The molecule has 0 rings (SSSR count). The van der Waals surface area contributed by atoms with E-state index in [0.29, 0.717) is 0 Å². The summed E-state index contributed by atoms with van der Waals surface area (Å²) in [5.74, 6) is 0. The van der Waals surface area contributed by atoms with Crippen LogP contribution >= 0.6 is 0 Å². The number of hydrogen-bond acceptors (Lipinski definition) is 4. The first-order valence-electron chi connectivity index (χ1n) is 9.86. The van der Waals surface area contributed by atoms with Gasteiger partial charge >= 0.3 is 17.1 Å². The predicted octanol–water partition coefficient (Wildman–Crippen LogP) is 6.08. The molecule has 0 aromatic heterocycles. The Morgan fingerprint density at radius 1 is 0.600 bits per heavy atom. The highest BCUT2D eigenvalue weighted by Gasteiger charge is 2.43. The zero-order valence-electron chi connectivity index (χ0n) is 18.6. The molecule has 0 heterocycles. The zero-order valence-corrected chi connectivity index (χ0v) is 22.6. The first-order chi connectivity index (χ1) is 11.2. The van der Waals surface area contributed by atoms with Gasteiger partial charge in [0.1, 0.15) is 0 Å². The first-order valence-corrected chi connectivity index (χ1v) is 22.0. The van der Waals surface area contributed by atoms with Gasteiger partial charge in [0.25, 0.3) is 0 Å². The number of hydrogen-bond donors (Lipinski definition) is 0. The molecule has 25 heavy (non-hydrogen) atoms. The van der Waals surface area contributed by atoms with E-state index in [-0.39, 0.29) is 0 Å². The van der Waals surface area contributed by atoms with Crippen molar-refractivity contribution in [1.82, 2.24) is 0 Å². The third kappa shape index (κ3) is 15.5. The molecular formula is C17H44O4Si4. The van der Waals surface area contributed by atoms with Crippen LogP contribution in [0, 0.1) is 0 Å². The van der Waals surface area contributed by atoms with Crippen molar-refractivity contribution in [2.24, 2.45) is 0 Å². The minimum atomic E-state index is -2.22. The summed E-state index contributed by atoms with van der Waals surface area (Å²) in [6.45, 7) is 24.0. The van der Waals surface area contributed by atoms with E-state index >= 15 is 0 Å². The molecule has 0 bridgehead atoms. The van der Waals surface area contributed by atoms with Crippen molar-refractivity contribution in [3.8, 4) is 0 Å². The molecule has 152 valence electrons. The van der Waals surface area contributed by atoms with Gasteiger partial charge in [-0.15, -0.1) is 0 Å². The molecule has 0 aliphatic heterocycles. The second-order valence-corrected chi connectivity index (χ2v) is 26.0. The van der Waals surface area contributed by atoms with Crippen LogP contribution in [-0.2, 0) is 17.1 Å². The lowest BCUT2D eigenvalue weighted by atomic mass is 10.3. The summed E-state index contributed by atoms with van der Waals surface area (Å²) in [5.41, 5.74) is 0. The fraction of sp³-hybridized carbons (Fsp3) is 1.00. The molecule has 0 aromatic carbocycles. The zero-order chi connectivity index (χ0) is 19.8. The molecule has 0 aliphatic rings. The molecule has 0 amide bonds. The van der Waals surface area contributed by atoms with Gasteiger partial charge in [0, 0.05) is 13.2 Å². The standard InChI is InChI=1S/C17H44O4Si4/c1-11-15-18-16-13-12-14-17-25(10,20-23(5,6)7)21-24(8,9)19-22(2,3)4/h11-17H2,1-10H3. The van der Waals surface area contributed by atoms with Crippen LogP contribution in [0.2, 0.25) is 65.0 Å². The summed E-state index contributed by atoms with van der Waals surface area (Å²) < 4.78 is 25.3. The van der Waals surface area contributed by atoms with Crippen LogP contribution < -0.4 is 0 Å². The van der Waals surface area contributed by atoms with Gasteiger partial charge < -0.3 is 17.1 Å². The highest BCUT2D eigenvalue weighted by atomic mass is 28.5. The van der Waals surface area contributed by atoms with Crippen LogP contribution in [0.3, 0.4) is 0 Å². The van der Waals surface area contributed by atoms with E-state index in [2.05, 4.69) is 65.8 Å². The molecule has 0 fully saturated rings. The summed E-state index contributed by atoms with van der Waals surface area (Å²) >= 11 is 0. The Hall–Kier alpha value is 0.708. The second-order valence-electron chi connectivity index (χ2n) is 9.49. The molecule has 0 aromatic rings. The Bertz CT molecular complexity index is 367. The van der Waals surface area contributed by atoms with Gasteiger partial charge in [-0.25, -0.2) is 0 Å². The summed E-state index contributed by atoms with van der Waals surface area (Å²) in [7, 11) is -7.64. The number of rotatable bonds is 14. The summed E-state index contributed by atoms with van der Waals surface area (Å²) in [5, 5.41) is 0. The van der Waals surface area contributed by atoms with Crippen LogP contribution in [0.1, 0.15) is 32.6 Å². The predicted molar refractivity (Wildman–Crippen MR) is 119 cm³/mol. The van der Waals surface area contributed by atoms with E-state index in [4.69, 9.17) is 17.1 Å². The molecule has 8 heteroatoms. The van der Waals surface area contributed by atoms with Gasteiger partial charge in [0.05, 0.1) is 0 Å². The van der Waals surface area contributed by atoms with E-state index in [1.165, 1.54) is 6.42 Å². The Labute approximate surface area is 161 Å². The lowest BCUT2D eigenvalue weighted by molar-refractivity contribution is 0.130. The lowest BCUT2D eigenvalue weighted by Crippen LogP contribution is -2.56. The topological polar surface area (TPSA) is 36.9 Å². The van der Waals surface area contributed by atoms with Crippen LogP contribution in [0.25, 0.3) is 0 Å². The third-order valence-corrected chi connectivity index (χ3v) is 16.9. The van der Waals surface area contributed by atoms with Gasteiger partial charge in [-0.1, -0.05) is 19.8 Å². The summed E-state index contributed by atoms with van der Waals surface area (Å²) in [4.78, 5) is 0. The molecule has 4 nitrogen and oxygen atoms in total. The minimum Gasteiger partial charge on any atom is -0.437 e. The second kappa shape index (κ2) is 10.9. The van der Waals surface area contributed by atoms with Crippen LogP contribution in [0.15, 0.2) is 0 Å². The Morgan fingerprint density at radius 3 is 1.64 bits per heavy atom. The average molecular weight is 425 g/mol. The largest absolute Gasteiger partial charge is 0.437 e. The van der Waals surface area contributed by atoms with Crippen LogP contribution in [0.4, 0.5) is 0 Å². The van der Waals surface area contributed by atoms with E-state index in [1.54, 1.807) is 0 Å². The smallest absolute Gasteiger partial charge is 0.315 e. The molecule has 1 unspecified atom stereocenters. The van der Waals surface area contributed by atoms with E-state index < -0.39 is 33.8 Å². The molecular weight excluding hydrogens is 381 g/mol. The maximum atomic E-state index is 6.69. The Morgan fingerprint density at radius 2 is 1.16 bits per heavy atom. The van der Waals surface area contributed by atoms with Crippen molar-refractivity contribution in [2.75, 3.05) is 13.2 Å². The van der Waals surface area contributed by atoms with Crippen molar-refractivity contribution in [2.45, 2.75) is 97.6 Å². The van der Waals surface area contributed by atoms with Gasteiger partial charge in [-0.2, -0.15) is 0 Å². The van der Waals surface area contributed by atoms with Crippen LogP contribution in [-0.4, -0.2) is 47.0 Å². The highest BCUT2D eigenvalue weighted by molar-refractivity contribution is 6.89. The lowest BCUT2D eigenvalue weighted by Gasteiger charge is -2.41. The molecule has 0 saturated carbocycles. The SMILES string of the molecule is CCCOCCCCC[Si](C)(O[Si](C)(C)C)O[Si](C)(C)O[Si](C)(C)C. The maximum Gasteiger partial charge on any atom is 0.315 e. The van der Waals surface area contributed by atoms with Crippen molar-refractivity contribution in [3.05, 3.63) is 0 Å². The van der Waals surface area contributed by atoms with E-state index in [0.717, 1.165) is 38.5 Å². The summed E-state index contributed by atoms with van der Waals surface area (Å²) in [6.07, 6.45) is 4.56. The average Bonchev–Trinajstić information content (AvgIpc) is 2.31. The highest BCUT2D eigenvalue weighted by Crippen LogP contribution is 2.28. The molecule has 0 spiro atoms. The van der Waals surface area contributed by atoms with Gasteiger partial charge in [-0.05, 0) is 77.8 Å². The monoisotopic (exact) mass is 424 g/mol. The van der Waals surface area contributed by atoms with Crippen LogP contribution in [0.5, 0.6) is 0 Å². The normalized spacial score (nSPS) is 16.1. The van der Waals surface area contributed by atoms with E-state index in [9.17, 15) is 0 Å². The van der Waals surface area contributed by atoms with Crippen molar-refractivity contribution in [1.29, 1.82) is 0 Å². The fourth-order valence-corrected chi connectivity index (χ4v) is 21.2. The molecule has 0 N–H and O–H groups in total. The Kier molecular flexibility index (Phi) is 11.2. The van der Waals surface area contributed by atoms with Gasteiger partial charge in [0.15, 0.2) is 16.6 Å². The quantitative estimate of drug-likeness (QED) is 0.250. The Balaban J connectivity index is 4.68. The summed E-state index contributed by atoms with van der Waals surface area (Å²) in [6, 6.07) is 1.05. The van der Waals surface area contributed by atoms with Crippen molar-refractivity contribution in [3.63, 3.8) is 0 Å². The fourth-order valence-electron chi connectivity index (χ4n) is 3.12. The van der Waals surface area contributed by atoms with Gasteiger partial charge in [-0.3, -0.25) is 0 Å².